The monoisotopic (exact) mass is 1140 g/mol. The Morgan fingerprint density at radius 2 is 1.12 bits per heavy atom. The molecular formula is C68H64N3OPt-. The average Bonchev–Trinajstić information content (AvgIpc) is 3.79. The van der Waals surface area contributed by atoms with Crippen LogP contribution in [0.4, 0.5) is 0 Å². The number of aryl methyl sites for hydroxylation is 2. The number of aromatic hydroxyl groups is 1. The largest absolute Gasteiger partial charge is 0.507 e. The van der Waals surface area contributed by atoms with Crippen molar-refractivity contribution in [2.75, 3.05) is 0 Å². The molecule has 0 aliphatic rings. The van der Waals surface area contributed by atoms with Crippen molar-refractivity contribution in [1.82, 2.24) is 14.5 Å². The number of rotatable bonds is 8. The summed E-state index contributed by atoms with van der Waals surface area (Å²) < 4.78 is 29.7. The fourth-order valence-corrected chi connectivity index (χ4v) is 10.0. The van der Waals surface area contributed by atoms with Crippen molar-refractivity contribution in [3.8, 4) is 89.7 Å². The van der Waals surface area contributed by atoms with Crippen LogP contribution in [0.3, 0.4) is 0 Å². The van der Waals surface area contributed by atoms with Gasteiger partial charge in [0.15, 0.2) is 0 Å². The van der Waals surface area contributed by atoms with E-state index >= 15 is 0 Å². The van der Waals surface area contributed by atoms with Gasteiger partial charge in [0, 0.05) is 42.6 Å². The van der Waals surface area contributed by atoms with Gasteiger partial charge in [-0.25, -0.2) is 4.98 Å². The number of phenolic OH excluding ortho intramolecular Hbond substituents is 1. The summed E-state index contributed by atoms with van der Waals surface area (Å²) in [7, 11) is 0. The van der Waals surface area contributed by atoms with Gasteiger partial charge in [0.25, 0.3) is 0 Å². The van der Waals surface area contributed by atoms with E-state index in [0.717, 1.165) is 83.6 Å². The van der Waals surface area contributed by atoms with E-state index in [-0.39, 0.29) is 43.2 Å². The molecule has 0 fully saturated rings. The standard InChI is InChI=1S/C68H64N3O.Pt/c1-43-36-56(64(72)58(37-43)68(9,10)11)65-70-63-55(51-39-52(41-53(40-51)66(3,4)5)59-42-49(34-35-69-59)47-30-28-46(29-31-47)45-20-14-12-15-21-45)25-19-27-61(63)71(65)60-33-32-50(38-44(60)2)62-54(48-22-16-13-17-23-48)24-18-26-57(62)67(6,7)8;/h12-38,40-42,72H,1-11H3;/q-1;/i2D3;. The van der Waals surface area contributed by atoms with Crippen molar-refractivity contribution in [2.24, 2.45) is 0 Å². The number of phenols is 1. The molecule has 2 heterocycles. The maximum atomic E-state index is 12.4. The van der Waals surface area contributed by atoms with Gasteiger partial charge in [-0.2, -0.15) is 0 Å². The van der Waals surface area contributed by atoms with Crippen LogP contribution in [0.25, 0.3) is 95.0 Å². The Morgan fingerprint density at radius 3 is 1.78 bits per heavy atom. The quantitative estimate of drug-likeness (QED) is 0.154. The number of nitrogens with zero attached hydrogens (tertiary/aromatic N) is 3. The van der Waals surface area contributed by atoms with Gasteiger partial charge >= 0.3 is 0 Å². The zero-order valence-electron chi connectivity index (χ0n) is 46.4. The van der Waals surface area contributed by atoms with E-state index in [4.69, 9.17) is 9.97 Å². The van der Waals surface area contributed by atoms with E-state index in [1.54, 1.807) is 0 Å². The van der Waals surface area contributed by atoms with Gasteiger partial charge in [-0.15, -0.1) is 29.3 Å². The molecular weight excluding hydrogens is 1070 g/mol. The molecule has 0 bridgehead atoms. The second-order valence-electron chi connectivity index (χ2n) is 22.3. The number of benzene rings is 8. The molecule has 8 aromatic carbocycles. The van der Waals surface area contributed by atoms with E-state index in [2.05, 4.69) is 172 Å². The van der Waals surface area contributed by atoms with Crippen molar-refractivity contribution < 1.29 is 30.3 Å². The predicted octanol–water partition coefficient (Wildman–Crippen LogP) is 18.1. The van der Waals surface area contributed by atoms with Crippen molar-refractivity contribution in [3.63, 3.8) is 0 Å². The summed E-state index contributed by atoms with van der Waals surface area (Å²) >= 11 is 0. The number of pyridine rings is 1. The molecule has 0 atom stereocenters. The minimum Gasteiger partial charge on any atom is -0.507 e. The second-order valence-corrected chi connectivity index (χ2v) is 22.3. The Morgan fingerprint density at radius 1 is 0.521 bits per heavy atom. The third-order valence-corrected chi connectivity index (χ3v) is 13.9. The zero-order chi connectivity index (χ0) is 53.2. The fourth-order valence-electron chi connectivity index (χ4n) is 10.0. The number of imidazole rings is 1. The second kappa shape index (κ2) is 19.7. The van der Waals surface area contributed by atoms with E-state index in [0.29, 0.717) is 28.1 Å². The van der Waals surface area contributed by atoms with Crippen LogP contribution in [0, 0.1) is 19.8 Å². The molecule has 5 heteroatoms. The number of aromatic nitrogens is 3. The smallest absolute Gasteiger partial charge is 0.148 e. The van der Waals surface area contributed by atoms with Gasteiger partial charge in [-0.3, -0.25) is 9.55 Å². The first-order valence-corrected chi connectivity index (χ1v) is 25.0. The molecule has 0 saturated carbocycles. The maximum Gasteiger partial charge on any atom is 0.148 e. The molecule has 4 nitrogen and oxygen atoms in total. The number of hydrogen-bond donors (Lipinski definition) is 1. The molecule has 0 radical (unpaired) electrons. The predicted molar refractivity (Wildman–Crippen MR) is 303 cm³/mol. The summed E-state index contributed by atoms with van der Waals surface area (Å²) in [5.41, 5.74) is 17.1. The molecule has 0 aliphatic heterocycles. The fraction of sp³-hybridized carbons (Fsp3) is 0.206. The third-order valence-electron chi connectivity index (χ3n) is 13.9. The van der Waals surface area contributed by atoms with Crippen LogP contribution in [-0.4, -0.2) is 19.6 Å². The van der Waals surface area contributed by atoms with Crippen LogP contribution in [0.1, 0.15) is 94.2 Å². The summed E-state index contributed by atoms with van der Waals surface area (Å²) in [6.45, 7) is 18.9. The molecule has 0 aliphatic carbocycles. The number of para-hydroxylation sites is 1. The summed E-state index contributed by atoms with van der Waals surface area (Å²) in [4.78, 5) is 10.5. The average molecular weight is 1140 g/mol. The van der Waals surface area contributed by atoms with Crippen molar-refractivity contribution >= 4 is 11.0 Å². The van der Waals surface area contributed by atoms with Crippen LogP contribution in [0.5, 0.6) is 5.75 Å². The van der Waals surface area contributed by atoms with Crippen molar-refractivity contribution in [3.05, 3.63) is 216 Å². The minimum atomic E-state index is -2.55. The molecule has 368 valence electrons. The van der Waals surface area contributed by atoms with Gasteiger partial charge in [-0.05, 0) is 122 Å². The number of hydrogen-bond acceptors (Lipinski definition) is 3. The van der Waals surface area contributed by atoms with Gasteiger partial charge in [0.1, 0.15) is 11.6 Å². The first kappa shape index (κ1) is 46.9. The van der Waals surface area contributed by atoms with E-state index in [9.17, 15) is 9.22 Å². The van der Waals surface area contributed by atoms with Crippen LogP contribution >= 0.6 is 0 Å². The summed E-state index contributed by atoms with van der Waals surface area (Å²) in [5.74, 6) is 0.538. The summed E-state index contributed by atoms with van der Waals surface area (Å²) in [6, 6.07) is 63.8. The van der Waals surface area contributed by atoms with Gasteiger partial charge in [0.05, 0.1) is 22.3 Å². The Kier molecular flexibility index (Phi) is 12.7. The van der Waals surface area contributed by atoms with Crippen LogP contribution in [0.15, 0.2) is 182 Å². The van der Waals surface area contributed by atoms with Crippen LogP contribution in [0.2, 0.25) is 0 Å². The molecule has 0 spiro atoms. The molecule has 0 saturated heterocycles. The Hall–Kier alpha value is -7.13. The third kappa shape index (κ3) is 10.0. The molecule has 0 unspecified atom stereocenters. The van der Waals surface area contributed by atoms with Gasteiger partial charge in [-0.1, -0.05) is 207 Å². The Balaban J connectivity index is 0.00000706. The first-order chi connectivity index (χ1) is 35.5. The Labute approximate surface area is 451 Å². The topological polar surface area (TPSA) is 50.9 Å². The molecule has 73 heavy (non-hydrogen) atoms. The summed E-state index contributed by atoms with van der Waals surface area (Å²) in [5, 5.41) is 12.4. The van der Waals surface area contributed by atoms with Crippen LogP contribution < -0.4 is 0 Å². The normalized spacial score (nSPS) is 12.8. The summed E-state index contributed by atoms with van der Waals surface area (Å²) in [6.07, 6.45) is 1.86. The molecule has 0 amide bonds. The molecule has 2 aromatic heterocycles. The van der Waals surface area contributed by atoms with Crippen molar-refractivity contribution in [1.29, 1.82) is 0 Å². The maximum absolute atomic E-state index is 12.4. The molecule has 1 N–H and O–H groups in total. The zero-order valence-corrected chi connectivity index (χ0v) is 45.7. The molecule has 10 aromatic rings. The SMILES string of the molecule is [2H]C([2H])([2H])c1cc(-c2c(-c3ccccc3)cccc2C(C)(C)C)ccc1-n1c(-c2cc(C)cc(C(C)(C)C)c2O)nc2c(-c3[c-]c(-c4cc(-c5ccc(-c6ccccc6)cc5)ccn4)cc(C(C)(C)C)c3)cccc21.[Pt]. The van der Waals surface area contributed by atoms with Crippen molar-refractivity contribution in [2.45, 2.75) is 92.3 Å². The van der Waals surface area contributed by atoms with Gasteiger partial charge in [0.2, 0.25) is 0 Å². The van der Waals surface area contributed by atoms with Gasteiger partial charge < -0.3 is 5.11 Å². The first-order valence-electron chi connectivity index (χ1n) is 26.5. The van der Waals surface area contributed by atoms with E-state index < -0.39 is 12.3 Å². The van der Waals surface area contributed by atoms with E-state index in [1.165, 1.54) is 5.56 Å². The minimum absolute atomic E-state index is 0. The van der Waals surface area contributed by atoms with Crippen LogP contribution in [-0.2, 0) is 37.3 Å². The molecule has 10 rings (SSSR count). The number of fused-ring (bicyclic) bond motifs is 1. The Bertz CT molecular complexity index is 3760. The van der Waals surface area contributed by atoms with E-state index in [1.807, 2.05) is 90.5 Å².